The molecule has 2 fully saturated rings. The van der Waals surface area contributed by atoms with E-state index in [1.807, 2.05) is 30.0 Å². The van der Waals surface area contributed by atoms with Crippen LogP contribution in [0.25, 0.3) is 0 Å². The van der Waals surface area contributed by atoms with E-state index in [1.54, 1.807) is 0 Å². The number of likely N-dealkylation sites (tertiary alicyclic amines) is 1. The van der Waals surface area contributed by atoms with Crippen LogP contribution < -0.4 is 5.73 Å². The molecule has 1 unspecified atom stereocenters. The number of hydrogen-bond donors (Lipinski definition) is 1. The Morgan fingerprint density at radius 3 is 2.40 bits per heavy atom. The van der Waals surface area contributed by atoms with Crippen LogP contribution in [0.3, 0.4) is 0 Å². The highest BCUT2D eigenvalue weighted by Crippen LogP contribution is 2.27. The molecule has 0 bridgehead atoms. The van der Waals surface area contributed by atoms with Gasteiger partial charge in [0.1, 0.15) is 6.10 Å². The number of halogens is 1. The maximum Gasteiger partial charge on any atom is 0.251 e. The van der Waals surface area contributed by atoms with Crippen LogP contribution in [-0.2, 0) is 9.53 Å². The monoisotopic (exact) mass is 366 g/mol. The molecule has 3 rings (SSSR count). The zero-order chi connectivity index (χ0) is 16.9. The average Bonchev–Trinajstić information content (AvgIpc) is 2.80. The highest BCUT2D eigenvalue weighted by molar-refractivity contribution is 5.85. The van der Waals surface area contributed by atoms with E-state index in [-0.39, 0.29) is 42.5 Å². The first-order chi connectivity index (χ1) is 11.6. The van der Waals surface area contributed by atoms with Gasteiger partial charge in [-0.3, -0.25) is 4.79 Å². The van der Waals surface area contributed by atoms with Gasteiger partial charge in [0.15, 0.2) is 0 Å². The van der Waals surface area contributed by atoms with Crippen molar-refractivity contribution in [3.05, 3.63) is 35.9 Å². The Morgan fingerprint density at radius 2 is 1.76 bits per heavy atom. The number of carbonyl (C=O) groups excluding carboxylic acids is 1. The molecule has 1 saturated heterocycles. The van der Waals surface area contributed by atoms with Gasteiger partial charge >= 0.3 is 0 Å². The Balaban J connectivity index is 0.00000225. The van der Waals surface area contributed by atoms with Gasteiger partial charge in [0.25, 0.3) is 5.91 Å². The van der Waals surface area contributed by atoms with Crippen molar-refractivity contribution in [1.29, 1.82) is 0 Å². The molecule has 1 aromatic carbocycles. The van der Waals surface area contributed by atoms with Gasteiger partial charge in [-0.2, -0.15) is 0 Å². The normalized spacial score (nSPS) is 25.9. The molecule has 140 valence electrons. The minimum Gasteiger partial charge on any atom is -0.365 e. The fourth-order valence-corrected chi connectivity index (χ4v) is 4.04. The van der Waals surface area contributed by atoms with Crippen molar-refractivity contribution in [1.82, 2.24) is 4.90 Å². The lowest BCUT2D eigenvalue weighted by atomic mass is 9.95. The third-order valence-corrected chi connectivity index (χ3v) is 5.45. The highest BCUT2D eigenvalue weighted by Gasteiger charge is 2.36. The zero-order valence-corrected chi connectivity index (χ0v) is 15.9. The maximum absolute atomic E-state index is 12.8. The van der Waals surface area contributed by atoms with E-state index < -0.39 is 0 Å². The lowest BCUT2D eigenvalue weighted by Gasteiger charge is -2.25. The predicted molar refractivity (Wildman–Crippen MR) is 103 cm³/mol. The first-order valence-electron chi connectivity index (χ1n) is 9.40. The molecule has 0 aromatic heterocycles. The summed E-state index contributed by atoms with van der Waals surface area (Å²) < 4.78 is 6.09. The summed E-state index contributed by atoms with van der Waals surface area (Å²) in [6.45, 7) is 3.22. The molecule has 2 aliphatic rings. The number of hydrogen-bond acceptors (Lipinski definition) is 3. The molecule has 4 nitrogen and oxygen atoms in total. The minimum atomic E-state index is -0.366. The third-order valence-electron chi connectivity index (χ3n) is 5.45. The average molecular weight is 367 g/mol. The van der Waals surface area contributed by atoms with Crippen molar-refractivity contribution in [3.63, 3.8) is 0 Å². The smallest absolute Gasteiger partial charge is 0.251 e. The Bertz CT molecular complexity index is 532. The Morgan fingerprint density at radius 1 is 1.12 bits per heavy atom. The van der Waals surface area contributed by atoms with Crippen molar-refractivity contribution in [2.24, 2.45) is 5.73 Å². The number of benzene rings is 1. The van der Waals surface area contributed by atoms with Crippen LogP contribution in [0.15, 0.2) is 30.3 Å². The second kappa shape index (κ2) is 9.56. The summed E-state index contributed by atoms with van der Waals surface area (Å²) in [6, 6.07) is 10.3. The lowest BCUT2D eigenvalue weighted by Crippen LogP contribution is -2.40. The van der Waals surface area contributed by atoms with Gasteiger partial charge in [0.05, 0.1) is 6.10 Å². The number of rotatable bonds is 4. The SMILES string of the molecule is CC(OC1CCCCCC1)C(=O)N1C[C@@H](N)[C@H](c2ccccc2)C1.Cl. The molecule has 25 heavy (non-hydrogen) atoms. The summed E-state index contributed by atoms with van der Waals surface area (Å²) in [4.78, 5) is 14.7. The van der Waals surface area contributed by atoms with Crippen LogP contribution in [0, 0.1) is 0 Å². The van der Waals surface area contributed by atoms with Gasteiger partial charge in [-0.1, -0.05) is 56.0 Å². The Hall–Kier alpha value is -1.10. The second-order valence-electron chi connectivity index (χ2n) is 7.32. The molecule has 2 N–H and O–H groups in total. The van der Waals surface area contributed by atoms with Crippen molar-refractivity contribution >= 4 is 18.3 Å². The molecule has 1 amide bonds. The number of nitrogens with zero attached hydrogens (tertiary/aromatic N) is 1. The maximum atomic E-state index is 12.8. The summed E-state index contributed by atoms with van der Waals surface area (Å²) in [5.41, 5.74) is 7.53. The van der Waals surface area contributed by atoms with E-state index in [2.05, 4.69) is 12.1 Å². The molecule has 0 spiro atoms. The number of carbonyl (C=O) groups is 1. The number of ether oxygens (including phenoxy) is 1. The number of nitrogens with two attached hydrogens (primary N) is 1. The van der Waals surface area contributed by atoms with Gasteiger partial charge in [0, 0.05) is 25.0 Å². The van der Waals surface area contributed by atoms with Crippen molar-refractivity contribution < 1.29 is 9.53 Å². The lowest BCUT2D eigenvalue weighted by molar-refractivity contribution is -0.145. The quantitative estimate of drug-likeness (QED) is 0.830. The van der Waals surface area contributed by atoms with E-state index in [4.69, 9.17) is 10.5 Å². The molecule has 3 atom stereocenters. The van der Waals surface area contributed by atoms with E-state index in [0.29, 0.717) is 13.1 Å². The summed E-state index contributed by atoms with van der Waals surface area (Å²) in [5, 5.41) is 0. The van der Waals surface area contributed by atoms with Crippen LogP contribution >= 0.6 is 12.4 Å². The largest absolute Gasteiger partial charge is 0.365 e. The van der Waals surface area contributed by atoms with E-state index >= 15 is 0 Å². The molecular weight excluding hydrogens is 336 g/mol. The molecule has 1 aromatic rings. The van der Waals surface area contributed by atoms with Crippen molar-refractivity contribution in [2.75, 3.05) is 13.1 Å². The van der Waals surface area contributed by atoms with Crippen molar-refractivity contribution in [3.8, 4) is 0 Å². The second-order valence-corrected chi connectivity index (χ2v) is 7.32. The first-order valence-corrected chi connectivity index (χ1v) is 9.40. The fourth-order valence-electron chi connectivity index (χ4n) is 4.04. The van der Waals surface area contributed by atoms with Crippen LogP contribution in [0.1, 0.15) is 56.9 Å². The van der Waals surface area contributed by atoms with Crippen LogP contribution in [0.2, 0.25) is 0 Å². The first kappa shape index (κ1) is 20.2. The molecular formula is C20H31ClN2O2. The van der Waals surface area contributed by atoms with Gasteiger partial charge in [0.2, 0.25) is 0 Å². The molecule has 1 saturated carbocycles. The van der Waals surface area contributed by atoms with Crippen LogP contribution in [-0.4, -0.2) is 42.1 Å². The van der Waals surface area contributed by atoms with Crippen LogP contribution in [0.5, 0.6) is 0 Å². The van der Waals surface area contributed by atoms with Gasteiger partial charge in [-0.05, 0) is 25.3 Å². The third kappa shape index (κ3) is 5.19. The highest BCUT2D eigenvalue weighted by atomic mass is 35.5. The summed E-state index contributed by atoms with van der Waals surface area (Å²) in [5.74, 6) is 0.313. The molecule has 5 heteroatoms. The molecule has 1 aliphatic heterocycles. The van der Waals surface area contributed by atoms with Crippen molar-refractivity contribution in [2.45, 2.75) is 69.6 Å². The standard InChI is InChI=1S/C20H30N2O2.ClH/c1-15(24-17-11-7-2-3-8-12-17)20(23)22-13-18(19(21)14-22)16-9-5-4-6-10-16;/h4-6,9-10,15,17-19H,2-3,7-8,11-14,21H2,1H3;1H/t15?,18-,19+;/m0./s1. The Kier molecular flexibility index (Phi) is 7.73. The van der Waals surface area contributed by atoms with E-state index in [1.165, 1.54) is 31.2 Å². The predicted octanol–water partition coefficient (Wildman–Crippen LogP) is 3.49. The van der Waals surface area contributed by atoms with E-state index in [0.717, 1.165) is 12.8 Å². The van der Waals surface area contributed by atoms with E-state index in [9.17, 15) is 4.79 Å². The molecule has 0 radical (unpaired) electrons. The van der Waals surface area contributed by atoms with Gasteiger partial charge < -0.3 is 15.4 Å². The van der Waals surface area contributed by atoms with Gasteiger partial charge in [-0.25, -0.2) is 0 Å². The molecule has 1 aliphatic carbocycles. The summed E-state index contributed by atoms with van der Waals surface area (Å²) in [6.07, 6.45) is 7.08. The fraction of sp³-hybridized carbons (Fsp3) is 0.650. The molecule has 1 heterocycles. The summed E-state index contributed by atoms with van der Waals surface area (Å²) in [7, 11) is 0. The minimum absolute atomic E-state index is 0. The zero-order valence-electron chi connectivity index (χ0n) is 15.1. The topological polar surface area (TPSA) is 55.6 Å². The Labute approximate surface area is 157 Å². The summed E-state index contributed by atoms with van der Waals surface area (Å²) >= 11 is 0. The van der Waals surface area contributed by atoms with Gasteiger partial charge in [-0.15, -0.1) is 12.4 Å². The number of amides is 1. The van der Waals surface area contributed by atoms with Crippen LogP contribution in [0.4, 0.5) is 0 Å².